The largest absolute Gasteiger partial charge is 0.373 e. The first kappa shape index (κ1) is 12.5. The van der Waals surface area contributed by atoms with Crippen molar-refractivity contribution >= 4 is 39.0 Å². The molecular weight excluding hydrogens is 274 g/mol. The summed E-state index contributed by atoms with van der Waals surface area (Å²) in [5.41, 5.74) is 0.521. The van der Waals surface area contributed by atoms with Crippen LogP contribution in [0, 0.1) is 0 Å². The second kappa shape index (κ2) is 5.22. The predicted octanol–water partition coefficient (Wildman–Crippen LogP) is 2.38. The highest BCUT2D eigenvalue weighted by atomic mass is 32.1. The van der Waals surface area contributed by atoms with Crippen molar-refractivity contribution in [1.82, 2.24) is 14.6 Å². The highest BCUT2D eigenvalue weighted by molar-refractivity contribution is 7.10. The van der Waals surface area contributed by atoms with Crippen LogP contribution in [0.15, 0.2) is 36.7 Å². The standard InChI is InChI=1S/C13H11N5OS/c1-14-12-9-5-3-2-4-8(9)10(6-15-12)13(19)17-11-7-16-18-20-11/h2-7H,1H3,(H,14,15)(H,17,19). The molecule has 100 valence electrons. The number of benzene rings is 1. The van der Waals surface area contributed by atoms with Crippen LogP contribution < -0.4 is 10.6 Å². The van der Waals surface area contributed by atoms with E-state index in [1.807, 2.05) is 24.3 Å². The molecule has 0 aliphatic rings. The summed E-state index contributed by atoms with van der Waals surface area (Å²) in [6, 6.07) is 7.64. The monoisotopic (exact) mass is 285 g/mol. The van der Waals surface area contributed by atoms with Crippen LogP contribution in [-0.4, -0.2) is 27.5 Å². The molecule has 2 N–H and O–H groups in total. The Morgan fingerprint density at radius 1 is 1.20 bits per heavy atom. The minimum Gasteiger partial charge on any atom is -0.373 e. The molecule has 6 nitrogen and oxygen atoms in total. The molecule has 0 atom stereocenters. The van der Waals surface area contributed by atoms with Crippen LogP contribution in [0.25, 0.3) is 10.8 Å². The summed E-state index contributed by atoms with van der Waals surface area (Å²) < 4.78 is 3.71. The zero-order valence-corrected chi connectivity index (χ0v) is 11.4. The molecule has 0 spiro atoms. The average molecular weight is 285 g/mol. The van der Waals surface area contributed by atoms with E-state index in [2.05, 4.69) is 25.2 Å². The van der Waals surface area contributed by atoms with Crippen molar-refractivity contribution < 1.29 is 4.79 Å². The molecule has 0 aliphatic carbocycles. The summed E-state index contributed by atoms with van der Waals surface area (Å²) in [5, 5.41) is 11.8. The van der Waals surface area contributed by atoms with Crippen LogP contribution in [0.1, 0.15) is 10.4 Å². The molecule has 0 radical (unpaired) electrons. The number of pyridine rings is 1. The normalized spacial score (nSPS) is 10.4. The van der Waals surface area contributed by atoms with Crippen LogP contribution in [-0.2, 0) is 0 Å². The third-order valence-electron chi connectivity index (χ3n) is 2.87. The van der Waals surface area contributed by atoms with Gasteiger partial charge in [0.25, 0.3) is 5.91 Å². The van der Waals surface area contributed by atoms with Gasteiger partial charge in [-0.3, -0.25) is 4.79 Å². The van der Waals surface area contributed by atoms with Crippen LogP contribution in [0.3, 0.4) is 0 Å². The lowest BCUT2D eigenvalue weighted by Gasteiger charge is -2.09. The number of hydrogen-bond donors (Lipinski definition) is 2. The van der Waals surface area contributed by atoms with E-state index >= 15 is 0 Å². The molecule has 2 aromatic heterocycles. The number of aromatic nitrogens is 3. The third-order valence-corrected chi connectivity index (χ3v) is 3.45. The van der Waals surface area contributed by atoms with Crippen molar-refractivity contribution in [3.05, 3.63) is 42.2 Å². The van der Waals surface area contributed by atoms with Gasteiger partial charge in [0.1, 0.15) is 10.8 Å². The SMILES string of the molecule is CNc1ncc(C(=O)Nc2cnns2)c2ccccc12. The number of carbonyl (C=O) groups is 1. The number of anilines is 2. The highest BCUT2D eigenvalue weighted by Gasteiger charge is 2.13. The number of rotatable bonds is 3. The lowest BCUT2D eigenvalue weighted by molar-refractivity contribution is 0.102. The number of fused-ring (bicyclic) bond motifs is 1. The summed E-state index contributed by atoms with van der Waals surface area (Å²) in [6.07, 6.45) is 3.08. The molecule has 7 heteroatoms. The lowest BCUT2D eigenvalue weighted by atomic mass is 10.1. The van der Waals surface area contributed by atoms with Gasteiger partial charge in [-0.1, -0.05) is 28.8 Å². The van der Waals surface area contributed by atoms with Crippen molar-refractivity contribution in [2.24, 2.45) is 0 Å². The van der Waals surface area contributed by atoms with Gasteiger partial charge in [0.05, 0.1) is 11.8 Å². The van der Waals surface area contributed by atoms with Gasteiger partial charge in [0.2, 0.25) is 0 Å². The van der Waals surface area contributed by atoms with Gasteiger partial charge in [-0.2, -0.15) is 0 Å². The van der Waals surface area contributed by atoms with Gasteiger partial charge in [0, 0.05) is 30.2 Å². The molecule has 0 aliphatic heterocycles. The molecular formula is C13H11N5OS. The van der Waals surface area contributed by atoms with Crippen molar-refractivity contribution in [3.8, 4) is 0 Å². The van der Waals surface area contributed by atoms with E-state index in [-0.39, 0.29) is 5.91 Å². The second-order valence-corrected chi connectivity index (χ2v) is 4.84. The van der Waals surface area contributed by atoms with Gasteiger partial charge in [-0.15, -0.1) is 5.10 Å². The Balaban J connectivity index is 2.05. The second-order valence-electron chi connectivity index (χ2n) is 4.05. The Morgan fingerprint density at radius 2 is 2.00 bits per heavy atom. The summed E-state index contributed by atoms with van der Waals surface area (Å²) in [4.78, 5) is 16.6. The zero-order valence-electron chi connectivity index (χ0n) is 10.6. The van der Waals surface area contributed by atoms with E-state index < -0.39 is 0 Å². The number of carbonyl (C=O) groups excluding carboxylic acids is 1. The molecule has 3 aromatic rings. The third kappa shape index (κ3) is 2.19. The van der Waals surface area contributed by atoms with Crippen LogP contribution >= 0.6 is 11.5 Å². The summed E-state index contributed by atoms with van der Waals surface area (Å²) in [6.45, 7) is 0. The molecule has 0 unspecified atom stereocenters. The molecule has 1 amide bonds. The van der Waals surface area contributed by atoms with Gasteiger partial charge >= 0.3 is 0 Å². The molecule has 3 rings (SSSR count). The van der Waals surface area contributed by atoms with Gasteiger partial charge in [0.15, 0.2) is 0 Å². The maximum atomic E-state index is 12.3. The lowest BCUT2D eigenvalue weighted by Crippen LogP contribution is -2.12. The quantitative estimate of drug-likeness (QED) is 0.772. The Morgan fingerprint density at radius 3 is 2.70 bits per heavy atom. The Hall–Kier alpha value is -2.54. The van der Waals surface area contributed by atoms with E-state index in [0.29, 0.717) is 10.6 Å². The fourth-order valence-electron chi connectivity index (χ4n) is 1.97. The van der Waals surface area contributed by atoms with Crippen molar-refractivity contribution in [2.75, 3.05) is 17.7 Å². The highest BCUT2D eigenvalue weighted by Crippen LogP contribution is 2.25. The molecule has 0 fully saturated rings. The fourth-order valence-corrected chi connectivity index (χ4v) is 2.39. The zero-order chi connectivity index (χ0) is 13.9. The molecule has 1 aromatic carbocycles. The maximum absolute atomic E-state index is 12.3. The number of nitrogens with zero attached hydrogens (tertiary/aromatic N) is 3. The molecule has 0 saturated carbocycles. The van der Waals surface area contributed by atoms with Crippen LogP contribution in [0.2, 0.25) is 0 Å². The smallest absolute Gasteiger partial charge is 0.258 e. The van der Waals surface area contributed by atoms with E-state index in [1.165, 1.54) is 6.20 Å². The maximum Gasteiger partial charge on any atom is 0.258 e. The van der Waals surface area contributed by atoms with Crippen molar-refractivity contribution in [2.45, 2.75) is 0 Å². The first-order valence-electron chi connectivity index (χ1n) is 5.94. The minimum absolute atomic E-state index is 0.220. The number of hydrogen-bond acceptors (Lipinski definition) is 6. The number of nitrogens with one attached hydrogen (secondary N) is 2. The average Bonchev–Trinajstić information content (AvgIpc) is 2.99. The summed E-state index contributed by atoms with van der Waals surface area (Å²) >= 11 is 1.13. The van der Waals surface area contributed by atoms with E-state index in [4.69, 9.17) is 0 Å². The van der Waals surface area contributed by atoms with E-state index in [9.17, 15) is 4.79 Å². The van der Waals surface area contributed by atoms with Gasteiger partial charge in [-0.25, -0.2) is 4.98 Å². The Bertz CT molecular complexity index is 757. The Labute approximate surface area is 119 Å². The van der Waals surface area contributed by atoms with Crippen molar-refractivity contribution in [3.63, 3.8) is 0 Å². The van der Waals surface area contributed by atoms with Crippen LogP contribution in [0.4, 0.5) is 10.8 Å². The first-order chi connectivity index (χ1) is 9.79. The van der Waals surface area contributed by atoms with Crippen LogP contribution in [0.5, 0.6) is 0 Å². The predicted molar refractivity (Wildman–Crippen MR) is 79.2 cm³/mol. The molecule has 0 bridgehead atoms. The Kier molecular flexibility index (Phi) is 3.26. The van der Waals surface area contributed by atoms with Crippen molar-refractivity contribution in [1.29, 1.82) is 0 Å². The van der Waals surface area contributed by atoms with E-state index in [1.54, 1.807) is 13.2 Å². The van der Waals surface area contributed by atoms with Gasteiger partial charge < -0.3 is 10.6 Å². The molecule has 20 heavy (non-hydrogen) atoms. The fraction of sp³-hybridized carbons (Fsp3) is 0.0769. The van der Waals surface area contributed by atoms with E-state index in [0.717, 1.165) is 28.1 Å². The first-order valence-corrected chi connectivity index (χ1v) is 6.71. The minimum atomic E-state index is -0.220. The number of amides is 1. The molecule has 2 heterocycles. The topological polar surface area (TPSA) is 79.8 Å². The summed E-state index contributed by atoms with van der Waals surface area (Å²) in [5.74, 6) is 0.527. The summed E-state index contributed by atoms with van der Waals surface area (Å²) in [7, 11) is 1.80. The molecule has 0 saturated heterocycles. The van der Waals surface area contributed by atoms with Gasteiger partial charge in [-0.05, 0) is 5.39 Å².